The average molecular weight is 327 g/mol. The molecule has 0 saturated heterocycles. The van der Waals surface area contributed by atoms with Crippen molar-refractivity contribution in [2.75, 3.05) is 6.61 Å². The van der Waals surface area contributed by atoms with Crippen molar-refractivity contribution < 1.29 is 4.74 Å². The zero-order valence-electron chi connectivity index (χ0n) is 12.7. The summed E-state index contributed by atoms with van der Waals surface area (Å²) in [7, 11) is 0. The van der Waals surface area contributed by atoms with Crippen LogP contribution in [0.25, 0.3) is 0 Å². The van der Waals surface area contributed by atoms with Crippen molar-refractivity contribution in [3.8, 4) is 5.75 Å². The van der Waals surface area contributed by atoms with Crippen LogP contribution in [0.15, 0.2) is 29.8 Å². The fraction of sp³-hybridized carbons (Fsp3) is 0.556. The summed E-state index contributed by atoms with van der Waals surface area (Å²) < 4.78 is 5.90. The molecule has 0 spiro atoms. The van der Waals surface area contributed by atoms with E-state index in [1.807, 2.05) is 12.1 Å². The van der Waals surface area contributed by atoms with E-state index in [2.05, 4.69) is 13.0 Å². The Bertz CT molecular complexity index is 462. The summed E-state index contributed by atoms with van der Waals surface area (Å²) in [5, 5.41) is 1.25. The molecule has 0 aliphatic heterocycles. The van der Waals surface area contributed by atoms with E-state index in [0.29, 0.717) is 16.0 Å². The summed E-state index contributed by atoms with van der Waals surface area (Å²) in [6.07, 6.45) is 11.3. The van der Waals surface area contributed by atoms with Crippen molar-refractivity contribution in [3.63, 3.8) is 0 Å². The molecule has 1 atom stereocenters. The third kappa shape index (κ3) is 5.56. The average Bonchev–Trinajstić information content (AvgIpc) is 2.88. The Morgan fingerprint density at radius 2 is 1.86 bits per heavy atom. The molecule has 0 bridgehead atoms. The highest BCUT2D eigenvalue weighted by atomic mass is 35.5. The molecule has 1 aliphatic carbocycles. The van der Waals surface area contributed by atoms with Gasteiger partial charge in [0.25, 0.3) is 0 Å². The summed E-state index contributed by atoms with van der Waals surface area (Å²) in [6, 6.07) is 5.38. The van der Waals surface area contributed by atoms with Crippen LogP contribution in [-0.4, -0.2) is 6.61 Å². The molecular formula is C18H24Cl2O. The summed E-state index contributed by atoms with van der Waals surface area (Å²) in [5.74, 6) is 1.33. The quantitative estimate of drug-likeness (QED) is 0.382. The smallest absolute Gasteiger partial charge is 0.122 e. The van der Waals surface area contributed by atoms with E-state index in [1.165, 1.54) is 44.9 Å². The van der Waals surface area contributed by atoms with Crippen molar-refractivity contribution >= 4 is 23.2 Å². The molecule has 0 radical (unpaired) electrons. The standard InChI is InChI=1S/C18H24Cl2O/c1-2-3-4-5-7-14-8-6-9-15(14)13-21-18-11-16(19)10-17(20)12-18/h8,10-12,15H,2-7,9,13H2,1H3/t15-/m1/s1. The molecule has 1 nitrogen and oxygen atoms in total. The Balaban J connectivity index is 1.80. The molecule has 3 heteroatoms. The third-order valence-corrected chi connectivity index (χ3v) is 4.49. The molecule has 0 fully saturated rings. The Kier molecular flexibility index (Phi) is 6.92. The molecule has 116 valence electrons. The molecule has 0 unspecified atom stereocenters. The minimum absolute atomic E-state index is 0.560. The van der Waals surface area contributed by atoms with E-state index in [9.17, 15) is 0 Å². The molecule has 1 aromatic carbocycles. The Hall–Kier alpha value is -0.660. The molecule has 21 heavy (non-hydrogen) atoms. The summed E-state index contributed by atoms with van der Waals surface area (Å²) in [4.78, 5) is 0. The van der Waals surface area contributed by atoms with Crippen molar-refractivity contribution in [2.24, 2.45) is 5.92 Å². The van der Waals surface area contributed by atoms with Crippen LogP contribution in [0.4, 0.5) is 0 Å². The molecule has 1 aromatic rings. The van der Waals surface area contributed by atoms with Gasteiger partial charge in [-0.15, -0.1) is 0 Å². The van der Waals surface area contributed by atoms with Gasteiger partial charge in [0, 0.05) is 16.0 Å². The summed E-state index contributed by atoms with van der Waals surface area (Å²) in [6.45, 7) is 2.98. The zero-order valence-corrected chi connectivity index (χ0v) is 14.2. The molecule has 0 saturated carbocycles. The number of rotatable bonds is 8. The van der Waals surface area contributed by atoms with Crippen LogP contribution in [0.3, 0.4) is 0 Å². The number of hydrogen-bond acceptors (Lipinski definition) is 1. The third-order valence-electron chi connectivity index (χ3n) is 4.05. The van der Waals surface area contributed by atoms with E-state index >= 15 is 0 Å². The van der Waals surface area contributed by atoms with Crippen LogP contribution < -0.4 is 4.74 Å². The first-order chi connectivity index (χ1) is 10.2. The predicted molar refractivity (Wildman–Crippen MR) is 91.5 cm³/mol. The Labute approximate surface area is 138 Å². The maximum Gasteiger partial charge on any atom is 0.122 e. The Morgan fingerprint density at radius 3 is 2.57 bits per heavy atom. The highest BCUT2D eigenvalue weighted by Crippen LogP contribution is 2.31. The molecule has 0 heterocycles. The lowest BCUT2D eigenvalue weighted by Crippen LogP contribution is -2.11. The first-order valence-corrected chi connectivity index (χ1v) is 8.72. The van der Waals surface area contributed by atoms with E-state index in [4.69, 9.17) is 27.9 Å². The minimum Gasteiger partial charge on any atom is -0.493 e. The first kappa shape index (κ1) is 16.7. The zero-order chi connectivity index (χ0) is 15.1. The molecular weight excluding hydrogens is 303 g/mol. The highest BCUT2D eigenvalue weighted by Gasteiger charge is 2.19. The molecule has 2 rings (SSSR count). The summed E-state index contributed by atoms with van der Waals surface area (Å²) >= 11 is 12.0. The predicted octanol–water partition coefficient (Wildman–Crippen LogP) is 6.68. The van der Waals surface area contributed by atoms with E-state index in [1.54, 1.807) is 11.6 Å². The molecule has 1 aliphatic rings. The van der Waals surface area contributed by atoms with Crippen LogP contribution in [0.2, 0.25) is 10.0 Å². The van der Waals surface area contributed by atoms with Gasteiger partial charge in [0.05, 0.1) is 6.61 Å². The highest BCUT2D eigenvalue weighted by molar-refractivity contribution is 6.34. The van der Waals surface area contributed by atoms with Gasteiger partial charge in [0.1, 0.15) is 5.75 Å². The van der Waals surface area contributed by atoms with Crippen LogP contribution in [-0.2, 0) is 0 Å². The molecule has 0 amide bonds. The maximum absolute atomic E-state index is 6.00. The molecule has 0 N–H and O–H groups in total. The van der Waals surface area contributed by atoms with Gasteiger partial charge in [-0.1, -0.05) is 61.0 Å². The largest absolute Gasteiger partial charge is 0.493 e. The second-order valence-corrected chi connectivity index (χ2v) is 6.65. The number of allylic oxidation sites excluding steroid dienone is 1. The van der Waals surface area contributed by atoms with E-state index in [0.717, 1.165) is 12.4 Å². The fourth-order valence-electron chi connectivity index (χ4n) is 2.88. The van der Waals surface area contributed by atoms with Gasteiger partial charge in [-0.3, -0.25) is 0 Å². The second kappa shape index (κ2) is 8.70. The lowest BCUT2D eigenvalue weighted by molar-refractivity contribution is 0.265. The van der Waals surface area contributed by atoms with Gasteiger partial charge in [-0.2, -0.15) is 0 Å². The second-order valence-electron chi connectivity index (χ2n) is 5.78. The van der Waals surface area contributed by atoms with Crippen molar-refractivity contribution in [2.45, 2.75) is 51.9 Å². The van der Waals surface area contributed by atoms with Crippen LogP contribution in [0.5, 0.6) is 5.75 Å². The number of hydrogen-bond donors (Lipinski definition) is 0. The van der Waals surface area contributed by atoms with Crippen LogP contribution in [0.1, 0.15) is 51.9 Å². The van der Waals surface area contributed by atoms with Crippen LogP contribution in [0, 0.1) is 5.92 Å². The maximum atomic E-state index is 6.00. The van der Waals surface area contributed by atoms with Gasteiger partial charge < -0.3 is 4.74 Å². The van der Waals surface area contributed by atoms with Crippen molar-refractivity contribution in [3.05, 3.63) is 39.9 Å². The topological polar surface area (TPSA) is 9.23 Å². The van der Waals surface area contributed by atoms with Crippen LogP contribution >= 0.6 is 23.2 Å². The normalized spacial score (nSPS) is 17.9. The van der Waals surface area contributed by atoms with Gasteiger partial charge in [0.2, 0.25) is 0 Å². The van der Waals surface area contributed by atoms with E-state index in [-0.39, 0.29) is 0 Å². The minimum atomic E-state index is 0.560. The first-order valence-electron chi connectivity index (χ1n) is 7.97. The lowest BCUT2D eigenvalue weighted by Gasteiger charge is -2.16. The fourth-order valence-corrected chi connectivity index (χ4v) is 3.39. The van der Waals surface area contributed by atoms with Gasteiger partial charge in [0.15, 0.2) is 0 Å². The van der Waals surface area contributed by atoms with Crippen molar-refractivity contribution in [1.29, 1.82) is 0 Å². The number of halogens is 2. The van der Waals surface area contributed by atoms with E-state index < -0.39 is 0 Å². The van der Waals surface area contributed by atoms with Crippen molar-refractivity contribution in [1.82, 2.24) is 0 Å². The Morgan fingerprint density at radius 1 is 1.10 bits per heavy atom. The van der Waals surface area contributed by atoms with Gasteiger partial charge in [-0.05, 0) is 43.9 Å². The number of unbranched alkanes of at least 4 members (excludes halogenated alkanes) is 3. The summed E-state index contributed by atoms with van der Waals surface area (Å²) in [5.41, 5.74) is 1.58. The SMILES string of the molecule is CCCCCCC1=CCC[C@@H]1COc1cc(Cl)cc(Cl)c1. The number of ether oxygens (including phenoxy) is 1. The number of benzene rings is 1. The van der Waals surface area contributed by atoms with Gasteiger partial charge >= 0.3 is 0 Å². The lowest BCUT2D eigenvalue weighted by atomic mass is 9.97. The monoisotopic (exact) mass is 326 g/mol. The van der Waals surface area contributed by atoms with Gasteiger partial charge in [-0.25, -0.2) is 0 Å². The molecule has 0 aromatic heterocycles.